The number of aromatic amines is 1. The molecule has 38 heavy (non-hydrogen) atoms. The van der Waals surface area contributed by atoms with Crippen LogP contribution in [-0.4, -0.2) is 35.7 Å². The quantitative estimate of drug-likeness (QED) is 0.365. The minimum Gasteiger partial charge on any atom is -0.497 e. The highest BCUT2D eigenvalue weighted by molar-refractivity contribution is 6.20. The lowest BCUT2D eigenvalue weighted by molar-refractivity contribution is 0.0988. The van der Waals surface area contributed by atoms with Crippen LogP contribution in [0.5, 0.6) is 17.2 Å². The van der Waals surface area contributed by atoms with E-state index in [0.29, 0.717) is 34.9 Å². The maximum Gasteiger partial charge on any atom is 0.269 e. The van der Waals surface area contributed by atoms with E-state index >= 15 is 0 Å². The first-order chi connectivity index (χ1) is 18.4. The van der Waals surface area contributed by atoms with Crippen molar-refractivity contribution < 1.29 is 23.8 Å². The van der Waals surface area contributed by atoms with Crippen molar-refractivity contribution >= 4 is 39.3 Å². The summed E-state index contributed by atoms with van der Waals surface area (Å²) < 4.78 is 16.5. The molecule has 7 rings (SSSR count). The molecule has 188 valence electrons. The van der Waals surface area contributed by atoms with E-state index in [9.17, 15) is 9.59 Å². The molecule has 3 aromatic carbocycles. The summed E-state index contributed by atoms with van der Waals surface area (Å²) in [6.45, 7) is 2.60. The molecule has 0 saturated carbocycles. The van der Waals surface area contributed by atoms with Gasteiger partial charge in [0.1, 0.15) is 5.75 Å². The van der Waals surface area contributed by atoms with Crippen molar-refractivity contribution in [2.24, 2.45) is 5.73 Å². The van der Waals surface area contributed by atoms with E-state index in [4.69, 9.17) is 19.9 Å². The Labute approximate surface area is 216 Å². The highest BCUT2D eigenvalue weighted by Gasteiger charge is 2.31. The number of primary amides is 1. The molecule has 2 amide bonds. The Morgan fingerprint density at radius 1 is 1.08 bits per heavy atom. The summed E-state index contributed by atoms with van der Waals surface area (Å²) in [5.74, 6) is 1.19. The molecule has 9 heteroatoms. The molecule has 0 aliphatic carbocycles. The van der Waals surface area contributed by atoms with Gasteiger partial charge in [-0.15, -0.1) is 0 Å². The van der Waals surface area contributed by atoms with Gasteiger partial charge in [0.2, 0.25) is 6.79 Å². The molecule has 3 N–H and O–H groups in total. The number of nitrogens with two attached hydrogens (primary N) is 1. The Morgan fingerprint density at radius 3 is 2.68 bits per heavy atom. The number of carbonyl (C=O) groups excluding carboxylic acids is 2. The van der Waals surface area contributed by atoms with E-state index in [1.165, 1.54) is 0 Å². The molecule has 0 spiro atoms. The number of carbonyl (C=O) groups is 2. The van der Waals surface area contributed by atoms with Crippen LogP contribution < -0.4 is 24.8 Å². The SMILES string of the molecule is COc1ccc2c(c1)C(=O)N(c1cccc(-c3cnc(C(N)=O)c4[nH]c5cc6c(cc5c34)OCO6)c1C)C2. The van der Waals surface area contributed by atoms with Crippen molar-refractivity contribution in [3.8, 4) is 28.4 Å². The molecule has 0 unspecified atom stereocenters. The lowest BCUT2D eigenvalue weighted by atomic mass is 9.95. The van der Waals surface area contributed by atoms with E-state index in [-0.39, 0.29) is 18.4 Å². The fourth-order valence-electron chi connectivity index (χ4n) is 5.50. The molecule has 0 atom stereocenters. The number of anilines is 1. The van der Waals surface area contributed by atoms with Crippen molar-refractivity contribution in [3.05, 3.63) is 77.1 Å². The third kappa shape index (κ3) is 3.08. The standard InChI is InChI=1S/C29H22N4O5/c1-14-17(4-3-5-22(14)33-12-15-6-7-16(36-2)8-18(15)29(33)35)20-11-31-27(28(30)34)26-25(20)19-9-23-24(38-13-37-23)10-21(19)32-26/h3-11,32H,12-13H2,1-2H3,(H2,30,34). The lowest BCUT2D eigenvalue weighted by Gasteiger charge is -2.21. The minimum atomic E-state index is -0.630. The van der Waals surface area contributed by atoms with Gasteiger partial charge in [0, 0.05) is 39.8 Å². The van der Waals surface area contributed by atoms with E-state index in [1.807, 2.05) is 49.4 Å². The van der Waals surface area contributed by atoms with Crippen LogP contribution in [0.2, 0.25) is 0 Å². The largest absolute Gasteiger partial charge is 0.497 e. The number of aromatic nitrogens is 2. The number of H-pyrrole nitrogens is 1. The molecule has 0 saturated heterocycles. The maximum atomic E-state index is 13.4. The van der Waals surface area contributed by atoms with Crippen LogP contribution in [0.15, 0.2) is 54.7 Å². The fourth-order valence-corrected chi connectivity index (χ4v) is 5.50. The zero-order valence-corrected chi connectivity index (χ0v) is 20.6. The predicted molar refractivity (Wildman–Crippen MR) is 142 cm³/mol. The van der Waals surface area contributed by atoms with Gasteiger partial charge in [-0.25, -0.2) is 4.98 Å². The third-order valence-corrected chi connectivity index (χ3v) is 7.36. The molecule has 0 bridgehead atoms. The highest BCUT2D eigenvalue weighted by Crippen LogP contribution is 2.44. The summed E-state index contributed by atoms with van der Waals surface area (Å²) >= 11 is 0. The van der Waals surface area contributed by atoms with Crippen molar-refractivity contribution in [2.75, 3.05) is 18.8 Å². The van der Waals surface area contributed by atoms with Crippen LogP contribution in [0, 0.1) is 6.92 Å². The Bertz CT molecular complexity index is 1840. The number of nitrogens with one attached hydrogen (secondary N) is 1. The third-order valence-electron chi connectivity index (χ3n) is 7.36. The van der Waals surface area contributed by atoms with E-state index in [1.54, 1.807) is 24.3 Å². The number of ether oxygens (including phenoxy) is 3. The Hall–Kier alpha value is -5.05. The number of methoxy groups -OCH3 is 1. The van der Waals surface area contributed by atoms with Crippen molar-refractivity contribution in [2.45, 2.75) is 13.5 Å². The molecule has 4 heterocycles. The predicted octanol–water partition coefficient (Wildman–Crippen LogP) is 4.69. The summed E-state index contributed by atoms with van der Waals surface area (Å²) in [7, 11) is 1.59. The number of amides is 2. The van der Waals surface area contributed by atoms with Crippen LogP contribution in [0.4, 0.5) is 5.69 Å². The van der Waals surface area contributed by atoms with Gasteiger partial charge in [-0.2, -0.15) is 0 Å². The van der Waals surface area contributed by atoms with Gasteiger partial charge in [-0.05, 0) is 47.9 Å². The van der Waals surface area contributed by atoms with Crippen molar-refractivity contribution in [1.29, 1.82) is 0 Å². The maximum absolute atomic E-state index is 13.4. The second kappa shape index (κ2) is 7.97. The molecule has 2 aliphatic rings. The molecule has 5 aromatic rings. The molecule has 2 aromatic heterocycles. The second-order valence-electron chi connectivity index (χ2n) is 9.37. The van der Waals surface area contributed by atoms with Crippen LogP contribution in [0.25, 0.3) is 32.9 Å². The molecule has 0 radical (unpaired) electrons. The van der Waals surface area contributed by atoms with Gasteiger partial charge in [0.05, 0.1) is 24.7 Å². The Morgan fingerprint density at radius 2 is 1.89 bits per heavy atom. The summed E-state index contributed by atoms with van der Waals surface area (Å²) in [6, 6.07) is 15.2. The number of hydrogen-bond donors (Lipinski definition) is 2. The molecular formula is C29H22N4O5. The smallest absolute Gasteiger partial charge is 0.269 e. The zero-order valence-electron chi connectivity index (χ0n) is 20.6. The fraction of sp³-hybridized carbons (Fsp3) is 0.138. The van der Waals surface area contributed by atoms with E-state index in [0.717, 1.165) is 44.2 Å². The number of benzene rings is 3. The normalized spacial score (nSPS) is 13.9. The lowest BCUT2D eigenvalue weighted by Crippen LogP contribution is -2.24. The van der Waals surface area contributed by atoms with Gasteiger partial charge in [-0.3, -0.25) is 9.59 Å². The van der Waals surface area contributed by atoms with Crippen molar-refractivity contribution in [3.63, 3.8) is 0 Å². The van der Waals surface area contributed by atoms with E-state index < -0.39 is 5.91 Å². The minimum absolute atomic E-state index is 0.0775. The Balaban J connectivity index is 1.42. The molecule has 9 nitrogen and oxygen atoms in total. The molecular weight excluding hydrogens is 484 g/mol. The van der Waals surface area contributed by atoms with E-state index in [2.05, 4.69) is 9.97 Å². The first kappa shape index (κ1) is 22.2. The molecule has 0 fully saturated rings. The summed E-state index contributed by atoms with van der Waals surface area (Å²) in [5, 5.41) is 1.65. The number of pyridine rings is 1. The van der Waals surface area contributed by atoms with Gasteiger partial charge in [-0.1, -0.05) is 18.2 Å². The monoisotopic (exact) mass is 506 g/mol. The van der Waals surface area contributed by atoms with Crippen molar-refractivity contribution in [1.82, 2.24) is 9.97 Å². The molecule has 2 aliphatic heterocycles. The van der Waals surface area contributed by atoms with Crippen LogP contribution in [0.3, 0.4) is 0 Å². The Kier molecular flexibility index (Phi) is 4.65. The van der Waals surface area contributed by atoms with Gasteiger partial charge >= 0.3 is 0 Å². The second-order valence-corrected chi connectivity index (χ2v) is 9.37. The van der Waals surface area contributed by atoms with Crippen LogP contribution >= 0.6 is 0 Å². The summed E-state index contributed by atoms with van der Waals surface area (Å²) in [4.78, 5) is 35.2. The average molecular weight is 507 g/mol. The number of rotatable bonds is 4. The summed E-state index contributed by atoms with van der Waals surface area (Å²) in [5.41, 5.74) is 12.1. The first-order valence-corrected chi connectivity index (χ1v) is 12.1. The van der Waals surface area contributed by atoms with Crippen LogP contribution in [-0.2, 0) is 6.54 Å². The zero-order chi connectivity index (χ0) is 26.1. The number of fused-ring (bicyclic) bond motifs is 5. The number of nitrogens with zero attached hydrogens (tertiary/aromatic N) is 2. The highest BCUT2D eigenvalue weighted by atomic mass is 16.7. The topological polar surface area (TPSA) is 120 Å². The van der Waals surface area contributed by atoms with Gasteiger partial charge in [0.15, 0.2) is 17.2 Å². The van der Waals surface area contributed by atoms with Crippen LogP contribution in [0.1, 0.15) is 32.0 Å². The number of hydrogen-bond acceptors (Lipinski definition) is 6. The van der Waals surface area contributed by atoms with Gasteiger partial charge < -0.3 is 29.8 Å². The first-order valence-electron chi connectivity index (χ1n) is 12.1. The average Bonchev–Trinajstić information content (AvgIpc) is 3.62. The van der Waals surface area contributed by atoms with Gasteiger partial charge in [0.25, 0.3) is 11.8 Å². The summed E-state index contributed by atoms with van der Waals surface area (Å²) in [6.07, 6.45) is 1.66.